The highest BCUT2D eigenvalue weighted by Crippen LogP contribution is 2.21. The second-order valence-electron chi connectivity index (χ2n) is 4.10. The van der Waals surface area contributed by atoms with Crippen molar-refractivity contribution in [2.45, 2.75) is 6.42 Å². The summed E-state index contributed by atoms with van der Waals surface area (Å²) < 4.78 is 1.71. The third-order valence-corrected chi connectivity index (χ3v) is 3.48. The molecule has 1 aromatic heterocycles. The van der Waals surface area contributed by atoms with Gasteiger partial charge in [0.2, 0.25) is 0 Å². The molecule has 0 aliphatic rings. The van der Waals surface area contributed by atoms with Crippen molar-refractivity contribution in [3.05, 3.63) is 50.9 Å². The van der Waals surface area contributed by atoms with Crippen LogP contribution in [-0.2, 0) is 13.5 Å². The van der Waals surface area contributed by atoms with Crippen LogP contribution in [0.15, 0.2) is 39.7 Å². The molecule has 0 unspecified atom stereocenters. The van der Waals surface area contributed by atoms with Gasteiger partial charge in [0.1, 0.15) is 4.47 Å². The molecule has 19 heavy (non-hydrogen) atoms. The van der Waals surface area contributed by atoms with Crippen molar-refractivity contribution >= 4 is 27.3 Å². The highest BCUT2D eigenvalue weighted by Gasteiger charge is 2.06. The molecule has 0 aliphatic carbocycles. The van der Waals surface area contributed by atoms with Gasteiger partial charge in [-0.2, -0.15) is 5.10 Å². The molecule has 0 saturated heterocycles. The summed E-state index contributed by atoms with van der Waals surface area (Å²) in [5.74, 6) is 0. The van der Waals surface area contributed by atoms with Crippen LogP contribution in [0.2, 0.25) is 0 Å². The molecule has 0 amide bonds. The number of aliphatic hydroxyl groups is 1. The molecule has 0 fully saturated rings. The maximum Gasteiger partial charge on any atom is 0.282 e. The summed E-state index contributed by atoms with van der Waals surface area (Å²) in [4.78, 5) is 11.7. The van der Waals surface area contributed by atoms with Gasteiger partial charge in [0, 0.05) is 19.3 Å². The fourth-order valence-corrected chi connectivity index (χ4v) is 2.10. The monoisotopic (exact) mass is 323 g/mol. The van der Waals surface area contributed by atoms with Crippen molar-refractivity contribution in [2.75, 3.05) is 11.9 Å². The predicted molar refractivity (Wildman–Crippen MR) is 77.7 cm³/mol. The average Bonchev–Trinajstić information content (AvgIpc) is 2.42. The van der Waals surface area contributed by atoms with Crippen LogP contribution in [0.4, 0.5) is 11.4 Å². The van der Waals surface area contributed by atoms with Crippen LogP contribution in [0.1, 0.15) is 5.56 Å². The largest absolute Gasteiger partial charge is 0.396 e. The topological polar surface area (TPSA) is 67.2 Å². The highest BCUT2D eigenvalue weighted by molar-refractivity contribution is 9.10. The van der Waals surface area contributed by atoms with Crippen molar-refractivity contribution in [2.24, 2.45) is 7.05 Å². The minimum atomic E-state index is -0.193. The van der Waals surface area contributed by atoms with Crippen molar-refractivity contribution in [1.82, 2.24) is 9.78 Å². The molecule has 2 rings (SSSR count). The molecule has 5 nitrogen and oxygen atoms in total. The maximum atomic E-state index is 11.7. The second kappa shape index (κ2) is 5.99. The number of hydrogen-bond acceptors (Lipinski definition) is 4. The lowest BCUT2D eigenvalue weighted by molar-refractivity contribution is 0.299. The number of hydrogen-bond donors (Lipinski definition) is 2. The summed E-state index contributed by atoms with van der Waals surface area (Å²) >= 11 is 3.26. The molecular formula is C13H14BrN3O2. The second-order valence-corrected chi connectivity index (χ2v) is 4.89. The Kier molecular flexibility index (Phi) is 4.34. The molecule has 0 bridgehead atoms. The van der Waals surface area contributed by atoms with E-state index in [0.717, 1.165) is 11.3 Å². The number of rotatable bonds is 4. The molecule has 100 valence electrons. The van der Waals surface area contributed by atoms with E-state index in [9.17, 15) is 4.79 Å². The average molecular weight is 324 g/mol. The van der Waals surface area contributed by atoms with Gasteiger partial charge in [-0.15, -0.1) is 0 Å². The summed E-state index contributed by atoms with van der Waals surface area (Å²) in [6.45, 7) is 0.136. The summed E-state index contributed by atoms with van der Waals surface area (Å²) in [6.07, 6.45) is 2.23. The van der Waals surface area contributed by atoms with E-state index < -0.39 is 0 Å². The Morgan fingerprint density at radius 3 is 2.68 bits per heavy atom. The summed E-state index contributed by atoms with van der Waals surface area (Å²) in [5.41, 5.74) is 2.35. The van der Waals surface area contributed by atoms with Crippen molar-refractivity contribution < 1.29 is 5.11 Å². The quantitative estimate of drug-likeness (QED) is 0.900. The van der Waals surface area contributed by atoms with E-state index in [1.807, 2.05) is 24.3 Å². The van der Waals surface area contributed by atoms with Gasteiger partial charge < -0.3 is 10.4 Å². The van der Waals surface area contributed by atoms with E-state index in [2.05, 4.69) is 26.3 Å². The molecule has 0 radical (unpaired) electrons. The Balaban J connectivity index is 2.22. The number of nitrogens with zero attached hydrogens (tertiary/aromatic N) is 2. The number of aromatic nitrogens is 2. The molecule has 2 aromatic rings. The number of benzene rings is 1. The molecule has 1 heterocycles. The van der Waals surface area contributed by atoms with Gasteiger partial charge >= 0.3 is 0 Å². The van der Waals surface area contributed by atoms with E-state index in [1.165, 1.54) is 4.68 Å². The summed E-state index contributed by atoms with van der Waals surface area (Å²) in [6, 6.07) is 7.66. The van der Waals surface area contributed by atoms with E-state index in [4.69, 9.17) is 5.11 Å². The molecule has 0 saturated carbocycles. The molecule has 6 heteroatoms. The van der Waals surface area contributed by atoms with E-state index in [0.29, 0.717) is 16.6 Å². The lowest BCUT2D eigenvalue weighted by Crippen LogP contribution is -2.20. The van der Waals surface area contributed by atoms with E-state index >= 15 is 0 Å². The van der Waals surface area contributed by atoms with Gasteiger partial charge in [-0.25, -0.2) is 4.68 Å². The minimum Gasteiger partial charge on any atom is -0.396 e. The third-order valence-electron chi connectivity index (χ3n) is 2.71. The first-order chi connectivity index (χ1) is 9.11. The fraction of sp³-hybridized carbons (Fsp3) is 0.231. The Morgan fingerprint density at radius 1 is 1.37 bits per heavy atom. The van der Waals surface area contributed by atoms with Crippen molar-refractivity contribution in [1.29, 1.82) is 0 Å². The number of aliphatic hydroxyl groups excluding tert-OH is 1. The third kappa shape index (κ3) is 3.21. The Morgan fingerprint density at radius 2 is 2.05 bits per heavy atom. The van der Waals surface area contributed by atoms with Gasteiger partial charge in [0.25, 0.3) is 5.56 Å². The molecule has 1 aromatic carbocycles. The molecular weight excluding hydrogens is 310 g/mol. The van der Waals surface area contributed by atoms with Crippen LogP contribution in [0.3, 0.4) is 0 Å². The molecule has 2 N–H and O–H groups in total. The van der Waals surface area contributed by atoms with Crippen LogP contribution in [0.5, 0.6) is 0 Å². The van der Waals surface area contributed by atoms with Gasteiger partial charge in [-0.05, 0) is 40.0 Å². The van der Waals surface area contributed by atoms with Gasteiger partial charge in [-0.1, -0.05) is 12.1 Å². The standard InChI is InChI=1S/C13H14BrN3O2/c1-17-13(19)12(14)11(8-15-17)16-10-4-2-9(3-5-10)6-7-18/h2-5,8,16,18H,6-7H2,1H3. The van der Waals surface area contributed by atoms with Crippen molar-refractivity contribution in [3.8, 4) is 0 Å². The predicted octanol–water partition coefficient (Wildman–Crippen LogP) is 1.82. The number of nitrogens with one attached hydrogen (secondary N) is 1. The Bertz CT molecular complexity index is 623. The Hall–Kier alpha value is -1.66. The van der Waals surface area contributed by atoms with Crippen LogP contribution in [0.25, 0.3) is 0 Å². The zero-order valence-corrected chi connectivity index (χ0v) is 12.0. The number of anilines is 2. The van der Waals surface area contributed by atoms with E-state index in [-0.39, 0.29) is 12.2 Å². The van der Waals surface area contributed by atoms with Crippen LogP contribution in [0, 0.1) is 0 Å². The SMILES string of the molecule is Cn1ncc(Nc2ccc(CCO)cc2)c(Br)c1=O. The molecule has 0 aliphatic heterocycles. The zero-order valence-electron chi connectivity index (χ0n) is 10.4. The fourth-order valence-electron chi connectivity index (χ4n) is 1.64. The summed E-state index contributed by atoms with van der Waals surface area (Å²) in [7, 11) is 1.60. The Labute approximate surface area is 119 Å². The van der Waals surface area contributed by atoms with Crippen molar-refractivity contribution in [3.63, 3.8) is 0 Å². The highest BCUT2D eigenvalue weighted by atomic mass is 79.9. The number of halogens is 1. The first-order valence-corrected chi connectivity index (χ1v) is 6.59. The lowest BCUT2D eigenvalue weighted by Gasteiger charge is -2.09. The van der Waals surface area contributed by atoms with Crippen LogP contribution < -0.4 is 10.9 Å². The molecule has 0 atom stereocenters. The smallest absolute Gasteiger partial charge is 0.282 e. The first-order valence-electron chi connectivity index (χ1n) is 5.80. The first kappa shape index (κ1) is 13.8. The normalized spacial score (nSPS) is 10.5. The van der Waals surface area contributed by atoms with Crippen LogP contribution >= 0.6 is 15.9 Å². The van der Waals surface area contributed by atoms with Crippen LogP contribution in [-0.4, -0.2) is 21.5 Å². The van der Waals surface area contributed by atoms with Gasteiger partial charge in [0.15, 0.2) is 0 Å². The minimum absolute atomic E-state index is 0.136. The number of aryl methyl sites for hydroxylation is 1. The summed E-state index contributed by atoms with van der Waals surface area (Å²) in [5, 5.41) is 15.9. The van der Waals surface area contributed by atoms with Gasteiger partial charge in [-0.3, -0.25) is 4.79 Å². The zero-order chi connectivity index (χ0) is 13.8. The van der Waals surface area contributed by atoms with E-state index in [1.54, 1.807) is 13.2 Å². The molecule has 0 spiro atoms. The van der Waals surface area contributed by atoms with Gasteiger partial charge in [0.05, 0.1) is 11.9 Å². The lowest BCUT2D eigenvalue weighted by atomic mass is 10.1. The maximum absolute atomic E-state index is 11.7.